The van der Waals surface area contributed by atoms with Crippen LogP contribution in [-0.4, -0.2) is 17.5 Å². The highest BCUT2D eigenvalue weighted by molar-refractivity contribution is 7.22. The standard InChI is InChI=1S/C21H15FN2O4S/c22-11-4-7-16-18(8-11)29-21(23-16)24-19(25)10-27-12-5-6-14-13-2-1-3-15(13)20(26)28-17(14)9-12/h4-9H,1-3,10H2,(H,23,24,25). The van der Waals surface area contributed by atoms with Crippen molar-refractivity contribution in [2.75, 3.05) is 11.9 Å². The highest BCUT2D eigenvalue weighted by Crippen LogP contribution is 2.30. The van der Waals surface area contributed by atoms with Gasteiger partial charge in [0.25, 0.3) is 5.91 Å². The average molecular weight is 410 g/mol. The Balaban J connectivity index is 1.30. The van der Waals surface area contributed by atoms with Crippen LogP contribution in [0.15, 0.2) is 45.6 Å². The number of thiazole rings is 1. The normalized spacial score (nSPS) is 13.0. The molecular formula is C21H15FN2O4S. The van der Waals surface area contributed by atoms with Crippen LogP contribution in [0.4, 0.5) is 9.52 Å². The van der Waals surface area contributed by atoms with Gasteiger partial charge in [-0.05, 0) is 55.2 Å². The minimum atomic E-state index is -0.389. The van der Waals surface area contributed by atoms with E-state index in [1.807, 2.05) is 6.07 Å². The summed E-state index contributed by atoms with van der Waals surface area (Å²) in [6.45, 7) is -0.231. The second-order valence-corrected chi connectivity index (χ2v) is 7.86. The van der Waals surface area contributed by atoms with Crippen LogP contribution >= 0.6 is 11.3 Å². The number of fused-ring (bicyclic) bond motifs is 4. The lowest BCUT2D eigenvalue weighted by atomic mass is 10.1. The number of amides is 1. The van der Waals surface area contributed by atoms with E-state index in [-0.39, 0.29) is 24.0 Å². The molecule has 0 bridgehead atoms. The van der Waals surface area contributed by atoms with Crippen molar-refractivity contribution in [1.82, 2.24) is 4.98 Å². The Labute approximate surface area is 167 Å². The number of nitrogens with zero attached hydrogens (tertiary/aromatic N) is 1. The first-order valence-corrected chi connectivity index (χ1v) is 9.96. The Morgan fingerprint density at radius 3 is 2.97 bits per heavy atom. The monoisotopic (exact) mass is 410 g/mol. The minimum Gasteiger partial charge on any atom is -0.484 e. The molecule has 0 aliphatic heterocycles. The fourth-order valence-corrected chi connectivity index (χ4v) is 4.52. The summed E-state index contributed by atoms with van der Waals surface area (Å²) in [5.41, 5.74) is 2.59. The Kier molecular flexibility index (Phi) is 4.28. The van der Waals surface area contributed by atoms with Gasteiger partial charge in [-0.15, -0.1) is 0 Å². The third-order valence-corrected chi connectivity index (χ3v) is 5.85. The zero-order valence-corrected chi connectivity index (χ0v) is 16.0. The number of aromatic nitrogens is 1. The van der Waals surface area contributed by atoms with Crippen LogP contribution in [-0.2, 0) is 17.6 Å². The van der Waals surface area contributed by atoms with Crippen molar-refractivity contribution in [2.24, 2.45) is 0 Å². The van der Waals surface area contributed by atoms with Crippen molar-refractivity contribution in [3.63, 3.8) is 0 Å². The highest BCUT2D eigenvalue weighted by Gasteiger charge is 2.19. The summed E-state index contributed by atoms with van der Waals surface area (Å²) in [5.74, 6) is -0.309. The predicted molar refractivity (Wildman–Crippen MR) is 108 cm³/mol. The minimum absolute atomic E-state index is 0.231. The van der Waals surface area contributed by atoms with E-state index in [2.05, 4.69) is 10.3 Å². The van der Waals surface area contributed by atoms with E-state index < -0.39 is 0 Å². The zero-order valence-electron chi connectivity index (χ0n) is 15.2. The van der Waals surface area contributed by atoms with Crippen LogP contribution in [0, 0.1) is 5.82 Å². The molecule has 0 atom stereocenters. The van der Waals surface area contributed by atoms with Gasteiger partial charge in [0.15, 0.2) is 11.7 Å². The molecule has 0 saturated heterocycles. The number of anilines is 1. The number of carbonyl (C=O) groups is 1. The molecule has 1 N–H and O–H groups in total. The number of hydrogen-bond donors (Lipinski definition) is 1. The number of hydrogen-bond acceptors (Lipinski definition) is 6. The first kappa shape index (κ1) is 17.8. The van der Waals surface area contributed by atoms with Crippen molar-refractivity contribution in [1.29, 1.82) is 0 Å². The highest BCUT2D eigenvalue weighted by atomic mass is 32.1. The van der Waals surface area contributed by atoms with E-state index in [1.54, 1.807) is 18.2 Å². The molecule has 2 aromatic heterocycles. The number of nitrogens with one attached hydrogen (secondary N) is 1. The first-order valence-electron chi connectivity index (χ1n) is 9.14. The van der Waals surface area contributed by atoms with Gasteiger partial charge in [0.2, 0.25) is 0 Å². The van der Waals surface area contributed by atoms with E-state index in [1.165, 1.54) is 23.5 Å². The molecule has 0 unspecified atom stereocenters. The lowest BCUT2D eigenvalue weighted by molar-refractivity contribution is -0.118. The van der Waals surface area contributed by atoms with E-state index in [9.17, 15) is 14.0 Å². The molecule has 29 heavy (non-hydrogen) atoms. The van der Waals surface area contributed by atoms with Crippen LogP contribution in [0.2, 0.25) is 0 Å². The molecule has 2 heterocycles. The van der Waals surface area contributed by atoms with Crippen LogP contribution in [0.3, 0.4) is 0 Å². The number of benzene rings is 2. The Morgan fingerprint density at radius 1 is 1.21 bits per heavy atom. The number of rotatable bonds is 4. The van der Waals surface area contributed by atoms with Gasteiger partial charge in [-0.25, -0.2) is 14.2 Å². The number of aryl methyl sites for hydroxylation is 1. The largest absolute Gasteiger partial charge is 0.484 e. The summed E-state index contributed by atoms with van der Waals surface area (Å²) < 4.78 is 24.9. The Hall–Kier alpha value is -3.26. The van der Waals surface area contributed by atoms with Gasteiger partial charge in [0, 0.05) is 17.0 Å². The second kappa shape index (κ2) is 6.97. The molecule has 0 spiro atoms. The van der Waals surface area contributed by atoms with Gasteiger partial charge in [-0.3, -0.25) is 10.1 Å². The molecule has 146 valence electrons. The molecule has 0 fully saturated rings. The van der Waals surface area contributed by atoms with Gasteiger partial charge in [0.1, 0.15) is 17.1 Å². The molecule has 0 radical (unpaired) electrons. The van der Waals surface area contributed by atoms with E-state index in [0.29, 0.717) is 26.7 Å². The fourth-order valence-electron chi connectivity index (χ4n) is 3.61. The lowest BCUT2D eigenvalue weighted by Crippen LogP contribution is -2.20. The number of halogens is 1. The average Bonchev–Trinajstić information content (AvgIpc) is 3.33. The molecular weight excluding hydrogens is 395 g/mol. The maximum atomic E-state index is 13.3. The van der Waals surface area contributed by atoms with E-state index in [0.717, 1.165) is 35.8 Å². The summed E-state index contributed by atoms with van der Waals surface area (Å²) in [6, 6.07) is 9.51. The smallest absolute Gasteiger partial charge is 0.339 e. The predicted octanol–water partition coefficient (Wildman–Crippen LogP) is 4.05. The molecule has 8 heteroatoms. The molecule has 6 nitrogen and oxygen atoms in total. The zero-order chi connectivity index (χ0) is 20.0. The van der Waals surface area contributed by atoms with Crippen LogP contribution in [0.25, 0.3) is 21.2 Å². The topological polar surface area (TPSA) is 81.4 Å². The van der Waals surface area contributed by atoms with Crippen molar-refractivity contribution in [3.05, 3.63) is 63.8 Å². The molecule has 1 aliphatic carbocycles. The van der Waals surface area contributed by atoms with Crippen molar-refractivity contribution < 1.29 is 18.3 Å². The van der Waals surface area contributed by atoms with Crippen LogP contribution < -0.4 is 15.7 Å². The third-order valence-electron chi connectivity index (χ3n) is 4.91. The lowest BCUT2D eigenvalue weighted by Gasteiger charge is -2.08. The van der Waals surface area contributed by atoms with Gasteiger partial charge < -0.3 is 9.15 Å². The first-order chi connectivity index (χ1) is 14.1. The number of ether oxygens (including phenoxy) is 1. The fraction of sp³-hybridized carbons (Fsp3) is 0.190. The van der Waals surface area contributed by atoms with Gasteiger partial charge in [-0.2, -0.15) is 0 Å². The van der Waals surface area contributed by atoms with Crippen LogP contribution in [0.1, 0.15) is 17.5 Å². The quantitative estimate of drug-likeness (QED) is 0.514. The third kappa shape index (κ3) is 3.36. The molecule has 5 rings (SSSR count). The van der Waals surface area contributed by atoms with Crippen molar-refractivity contribution >= 4 is 43.6 Å². The molecule has 1 amide bonds. The second-order valence-electron chi connectivity index (χ2n) is 6.83. The van der Waals surface area contributed by atoms with Crippen molar-refractivity contribution in [3.8, 4) is 5.75 Å². The summed E-state index contributed by atoms with van der Waals surface area (Å²) in [7, 11) is 0. The Morgan fingerprint density at radius 2 is 2.07 bits per heavy atom. The molecule has 0 saturated carbocycles. The maximum absolute atomic E-state index is 13.3. The van der Waals surface area contributed by atoms with Gasteiger partial charge >= 0.3 is 5.63 Å². The Bertz CT molecular complexity index is 1330. The molecule has 1 aliphatic rings. The molecule has 4 aromatic rings. The van der Waals surface area contributed by atoms with Crippen LogP contribution in [0.5, 0.6) is 5.75 Å². The van der Waals surface area contributed by atoms with E-state index in [4.69, 9.17) is 9.15 Å². The summed E-state index contributed by atoms with van der Waals surface area (Å²) in [4.78, 5) is 28.5. The number of carbonyl (C=O) groups excluding carboxylic acids is 1. The summed E-state index contributed by atoms with van der Waals surface area (Å²) in [6.07, 6.45) is 2.58. The summed E-state index contributed by atoms with van der Waals surface area (Å²) in [5, 5.41) is 3.94. The maximum Gasteiger partial charge on any atom is 0.339 e. The van der Waals surface area contributed by atoms with Crippen molar-refractivity contribution in [2.45, 2.75) is 19.3 Å². The van der Waals surface area contributed by atoms with E-state index >= 15 is 0 Å². The van der Waals surface area contributed by atoms with Gasteiger partial charge in [0.05, 0.1) is 10.2 Å². The molecule has 2 aromatic carbocycles. The summed E-state index contributed by atoms with van der Waals surface area (Å²) >= 11 is 1.19. The SMILES string of the molecule is O=C(COc1ccc2c3c(c(=O)oc2c1)CCC3)Nc1nc2ccc(F)cc2s1. The van der Waals surface area contributed by atoms with Gasteiger partial charge in [-0.1, -0.05) is 11.3 Å².